The van der Waals surface area contributed by atoms with E-state index in [9.17, 15) is 4.79 Å². The Morgan fingerprint density at radius 3 is 2.71 bits per heavy atom. The van der Waals surface area contributed by atoms with Crippen LogP contribution in [0.3, 0.4) is 0 Å². The van der Waals surface area contributed by atoms with Gasteiger partial charge in [0.2, 0.25) is 5.91 Å². The molecule has 1 amide bonds. The van der Waals surface area contributed by atoms with E-state index < -0.39 is 0 Å². The smallest absolute Gasteiger partial charge is 0.228 e. The quantitative estimate of drug-likeness (QED) is 0.706. The first-order valence-corrected chi connectivity index (χ1v) is 5.46. The van der Waals surface area contributed by atoms with Crippen LogP contribution in [0.15, 0.2) is 0 Å². The Labute approximate surface area is 84.8 Å². The maximum Gasteiger partial charge on any atom is 0.228 e. The molecule has 0 radical (unpaired) electrons. The van der Waals surface area contributed by atoms with E-state index in [4.69, 9.17) is 5.41 Å². The second-order valence-electron chi connectivity index (χ2n) is 5.00. The van der Waals surface area contributed by atoms with Crippen LogP contribution in [0.5, 0.6) is 0 Å². The average molecular weight is 194 g/mol. The number of carbonyl (C=O) groups is 1. The van der Waals surface area contributed by atoms with E-state index in [1.165, 1.54) is 19.3 Å². The van der Waals surface area contributed by atoms with E-state index in [2.05, 4.69) is 12.2 Å². The normalized spacial score (nSPS) is 28.9. The Morgan fingerprint density at radius 2 is 2.36 bits per heavy atom. The molecule has 0 spiro atoms. The Morgan fingerprint density at radius 1 is 1.64 bits per heavy atom. The number of carbonyl (C=O) groups excluding carboxylic acids is 1. The maximum atomic E-state index is 11.6. The molecule has 14 heavy (non-hydrogen) atoms. The van der Waals surface area contributed by atoms with Crippen molar-refractivity contribution in [1.82, 2.24) is 5.32 Å². The highest BCUT2D eigenvalue weighted by atomic mass is 16.1. The zero-order chi connectivity index (χ0) is 10.2. The molecule has 1 atom stereocenters. The van der Waals surface area contributed by atoms with Gasteiger partial charge >= 0.3 is 0 Å². The summed E-state index contributed by atoms with van der Waals surface area (Å²) >= 11 is 0. The molecule has 0 heterocycles. The van der Waals surface area contributed by atoms with Crippen molar-refractivity contribution in [3.8, 4) is 0 Å². The molecule has 2 aliphatic rings. The molecule has 2 aliphatic carbocycles. The van der Waals surface area contributed by atoms with Gasteiger partial charge < -0.3 is 10.7 Å². The monoisotopic (exact) mass is 194 g/mol. The van der Waals surface area contributed by atoms with Crippen LogP contribution in [-0.4, -0.2) is 18.2 Å². The molecule has 2 saturated carbocycles. The third-order valence-electron chi connectivity index (χ3n) is 3.69. The molecule has 2 fully saturated rings. The van der Waals surface area contributed by atoms with Crippen molar-refractivity contribution in [3.05, 3.63) is 0 Å². The number of hydrogen-bond acceptors (Lipinski definition) is 2. The van der Waals surface area contributed by atoms with E-state index in [1.54, 1.807) is 0 Å². The minimum atomic E-state index is -0.0984. The summed E-state index contributed by atoms with van der Waals surface area (Å²) in [6.45, 7) is 3.03. The first-order valence-electron chi connectivity index (χ1n) is 5.46. The van der Waals surface area contributed by atoms with Crippen molar-refractivity contribution in [1.29, 1.82) is 5.41 Å². The summed E-state index contributed by atoms with van der Waals surface area (Å²) in [5.74, 6) is -0.0203. The SMILES string of the molecule is CC1(CNC(=O)[C@H]2CCC2=N)CCC1. The summed E-state index contributed by atoms with van der Waals surface area (Å²) in [5.41, 5.74) is 0.961. The van der Waals surface area contributed by atoms with Crippen LogP contribution in [-0.2, 0) is 4.79 Å². The van der Waals surface area contributed by atoms with Gasteiger partial charge in [0, 0.05) is 12.3 Å². The molecular formula is C11H18N2O. The van der Waals surface area contributed by atoms with Crippen LogP contribution in [0.25, 0.3) is 0 Å². The minimum Gasteiger partial charge on any atom is -0.355 e. The topological polar surface area (TPSA) is 53.0 Å². The zero-order valence-electron chi connectivity index (χ0n) is 8.73. The molecule has 2 N–H and O–H groups in total. The molecule has 0 aromatic rings. The second-order valence-corrected chi connectivity index (χ2v) is 5.00. The molecule has 3 heteroatoms. The summed E-state index contributed by atoms with van der Waals surface area (Å²) < 4.78 is 0. The summed E-state index contributed by atoms with van der Waals surface area (Å²) in [5, 5.41) is 10.4. The first kappa shape index (κ1) is 9.69. The lowest BCUT2D eigenvalue weighted by molar-refractivity contribution is -0.124. The van der Waals surface area contributed by atoms with Gasteiger partial charge in [-0.05, 0) is 31.1 Å². The summed E-state index contributed by atoms with van der Waals surface area (Å²) in [4.78, 5) is 11.6. The Kier molecular flexibility index (Phi) is 2.33. The highest BCUT2D eigenvalue weighted by Crippen LogP contribution is 2.39. The Hall–Kier alpha value is -0.860. The molecule has 0 bridgehead atoms. The average Bonchev–Trinajstić information content (AvgIpc) is 2.09. The number of hydrogen-bond donors (Lipinski definition) is 2. The van der Waals surface area contributed by atoms with Crippen LogP contribution in [0, 0.1) is 16.7 Å². The molecule has 2 rings (SSSR count). The maximum absolute atomic E-state index is 11.6. The number of rotatable bonds is 3. The molecule has 78 valence electrons. The molecular weight excluding hydrogens is 176 g/mol. The predicted octanol–water partition coefficient (Wildman–Crippen LogP) is 1.72. The van der Waals surface area contributed by atoms with E-state index in [-0.39, 0.29) is 11.8 Å². The van der Waals surface area contributed by atoms with Gasteiger partial charge in [0.25, 0.3) is 0 Å². The first-order chi connectivity index (χ1) is 6.61. The third-order valence-corrected chi connectivity index (χ3v) is 3.69. The van der Waals surface area contributed by atoms with E-state index in [0.717, 1.165) is 19.4 Å². The summed E-state index contributed by atoms with van der Waals surface area (Å²) in [6.07, 6.45) is 5.45. The molecule has 0 aromatic carbocycles. The number of nitrogens with one attached hydrogen (secondary N) is 2. The Bertz CT molecular complexity index is 268. The second kappa shape index (κ2) is 3.37. The van der Waals surface area contributed by atoms with E-state index >= 15 is 0 Å². The zero-order valence-corrected chi connectivity index (χ0v) is 8.73. The molecule has 0 aromatic heterocycles. The van der Waals surface area contributed by atoms with Crippen molar-refractivity contribution < 1.29 is 4.79 Å². The van der Waals surface area contributed by atoms with Gasteiger partial charge in [-0.2, -0.15) is 0 Å². The van der Waals surface area contributed by atoms with Crippen molar-refractivity contribution in [2.45, 2.75) is 39.0 Å². The van der Waals surface area contributed by atoms with Gasteiger partial charge in [-0.3, -0.25) is 4.79 Å². The van der Waals surface area contributed by atoms with Crippen LogP contribution >= 0.6 is 0 Å². The lowest BCUT2D eigenvalue weighted by Crippen LogP contribution is -2.46. The van der Waals surface area contributed by atoms with Crippen molar-refractivity contribution in [3.63, 3.8) is 0 Å². The van der Waals surface area contributed by atoms with Crippen LogP contribution < -0.4 is 5.32 Å². The van der Waals surface area contributed by atoms with Crippen molar-refractivity contribution in [2.75, 3.05) is 6.54 Å². The largest absolute Gasteiger partial charge is 0.355 e. The summed E-state index contributed by atoms with van der Waals surface area (Å²) in [6, 6.07) is 0. The fourth-order valence-electron chi connectivity index (χ4n) is 2.10. The predicted molar refractivity (Wildman–Crippen MR) is 55.4 cm³/mol. The lowest BCUT2D eigenvalue weighted by Gasteiger charge is -2.39. The fraction of sp³-hybridized carbons (Fsp3) is 0.818. The van der Waals surface area contributed by atoms with Gasteiger partial charge in [0.1, 0.15) is 0 Å². The van der Waals surface area contributed by atoms with Gasteiger partial charge in [-0.1, -0.05) is 13.3 Å². The molecule has 3 nitrogen and oxygen atoms in total. The molecule has 0 saturated heterocycles. The van der Waals surface area contributed by atoms with Crippen LogP contribution in [0.1, 0.15) is 39.0 Å². The van der Waals surface area contributed by atoms with Crippen LogP contribution in [0.4, 0.5) is 0 Å². The number of amides is 1. The van der Waals surface area contributed by atoms with Gasteiger partial charge in [0.05, 0.1) is 5.92 Å². The molecule has 0 aliphatic heterocycles. The highest BCUT2D eigenvalue weighted by Gasteiger charge is 2.35. The highest BCUT2D eigenvalue weighted by molar-refractivity contribution is 6.06. The van der Waals surface area contributed by atoms with E-state index in [0.29, 0.717) is 11.1 Å². The van der Waals surface area contributed by atoms with Crippen molar-refractivity contribution in [2.24, 2.45) is 11.3 Å². The Balaban J connectivity index is 1.75. The van der Waals surface area contributed by atoms with E-state index in [1.807, 2.05) is 0 Å². The lowest BCUT2D eigenvalue weighted by atomic mass is 9.70. The third kappa shape index (κ3) is 1.68. The van der Waals surface area contributed by atoms with Crippen LogP contribution in [0.2, 0.25) is 0 Å². The molecule has 0 unspecified atom stereocenters. The van der Waals surface area contributed by atoms with Gasteiger partial charge in [0.15, 0.2) is 0 Å². The van der Waals surface area contributed by atoms with Gasteiger partial charge in [-0.25, -0.2) is 0 Å². The van der Waals surface area contributed by atoms with Gasteiger partial charge in [-0.15, -0.1) is 0 Å². The summed E-state index contributed by atoms with van der Waals surface area (Å²) in [7, 11) is 0. The fourth-order valence-corrected chi connectivity index (χ4v) is 2.10. The minimum absolute atomic E-state index is 0.0781. The van der Waals surface area contributed by atoms with Crippen molar-refractivity contribution >= 4 is 11.6 Å². The standard InChI is InChI=1S/C11H18N2O/c1-11(5-2-6-11)7-13-10(14)8-3-4-9(8)12/h8,12H,2-7H2,1H3,(H,13,14)/t8-/m0/s1.